The molecule has 0 bridgehead atoms. The molecule has 4 amide bonds. The zero-order valence-corrected chi connectivity index (χ0v) is 18.9. The number of nitrogens with zero attached hydrogens (tertiary/aromatic N) is 3. The van der Waals surface area contributed by atoms with E-state index in [1.165, 1.54) is 4.90 Å². The fourth-order valence-electron chi connectivity index (χ4n) is 4.71. The van der Waals surface area contributed by atoms with E-state index in [1.54, 1.807) is 11.9 Å². The average molecular weight is 444 g/mol. The Bertz CT molecular complexity index is 844. The molecular formula is C23H33N5O4. The number of rotatable bonds is 6. The number of nitrogens with one attached hydrogen (secondary N) is 2. The highest BCUT2D eigenvalue weighted by molar-refractivity contribution is 6.07. The minimum atomic E-state index is -0.755. The number of amides is 4. The number of hydrogen-bond acceptors (Lipinski definition) is 6. The van der Waals surface area contributed by atoms with E-state index in [2.05, 4.69) is 22.5 Å². The first-order valence-electron chi connectivity index (χ1n) is 11.4. The molecule has 4 rings (SSSR count). The van der Waals surface area contributed by atoms with Crippen LogP contribution in [0.3, 0.4) is 0 Å². The van der Waals surface area contributed by atoms with Crippen LogP contribution in [0.5, 0.6) is 0 Å². The van der Waals surface area contributed by atoms with E-state index in [9.17, 15) is 14.4 Å². The number of hydrogen-bond donors (Lipinski definition) is 2. The molecule has 0 radical (unpaired) electrons. The fraction of sp³-hybridized carbons (Fsp3) is 0.609. The van der Waals surface area contributed by atoms with Crippen LogP contribution in [0.15, 0.2) is 24.3 Å². The number of anilines is 2. The van der Waals surface area contributed by atoms with E-state index >= 15 is 0 Å². The Morgan fingerprint density at radius 2 is 1.84 bits per heavy atom. The maximum Gasteiger partial charge on any atom is 0.326 e. The lowest BCUT2D eigenvalue weighted by atomic mass is 9.77. The lowest BCUT2D eigenvalue weighted by Gasteiger charge is -2.33. The Morgan fingerprint density at radius 1 is 1.19 bits per heavy atom. The smallest absolute Gasteiger partial charge is 0.326 e. The molecule has 3 fully saturated rings. The molecule has 2 N–H and O–H groups in total. The monoisotopic (exact) mass is 443 g/mol. The summed E-state index contributed by atoms with van der Waals surface area (Å²) in [6.45, 7) is 5.51. The topological polar surface area (TPSA) is 94.2 Å². The van der Waals surface area contributed by atoms with Gasteiger partial charge in [0.1, 0.15) is 5.54 Å². The molecule has 1 aliphatic carbocycles. The summed E-state index contributed by atoms with van der Waals surface area (Å²) in [5.74, 6) is 0.217. The molecule has 9 heteroatoms. The third-order valence-corrected chi connectivity index (χ3v) is 6.70. The van der Waals surface area contributed by atoms with Gasteiger partial charge in [0.2, 0.25) is 5.91 Å². The fourth-order valence-corrected chi connectivity index (χ4v) is 4.71. The van der Waals surface area contributed by atoms with E-state index < -0.39 is 5.54 Å². The van der Waals surface area contributed by atoms with Gasteiger partial charge < -0.3 is 20.3 Å². The zero-order valence-electron chi connectivity index (χ0n) is 18.9. The van der Waals surface area contributed by atoms with Crippen molar-refractivity contribution in [2.24, 2.45) is 5.92 Å². The summed E-state index contributed by atoms with van der Waals surface area (Å²) >= 11 is 0. The van der Waals surface area contributed by atoms with E-state index in [0.29, 0.717) is 24.4 Å². The molecule has 174 valence electrons. The molecule has 0 atom stereocenters. The predicted octanol–water partition coefficient (Wildman–Crippen LogP) is 1.85. The van der Waals surface area contributed by atoms with Crippen molar-refractivity contribution in [3.8, 4) is 0 Å². The van der Waals surface area contributed by atoms with Crippen LogP contribution in [0.1, 0.15) is 32.6 Å². The predicted molar refractivity (Wildman–Crippen MR) is 121 cm³/mol. The molecule has 2 heterocycles. The number of likely N-dealkylation sites (N-methyl/N-ethyl adjacent to an activating group) is 1. The van der Waals surface area contributed by atoms with Crippen LogP contribution in [0.2, 0.25) is 0 Å². The summed E-state index contributed by atoms with van der Waals surface area (Å²) in [5, 5.41) is 5.80. The van der Waals surface area contributed by atoms with Crippen LogP contribution in [-0.4, -0.2) is 79.7 Å². The van der Waals surface area contributed by atoms with Gasteiger partial charge in [-0.15, -0.1) is 0 Å². The first-order valence-corrected chi connectivity index (χ1v) is 11.4. The Labute approximate surface area is 189 Å². The second-order valence-corrected chi connectivity index (χ2v) is 9.28. The molecular weight excluding hydrogens is 410 g/mol. The molecule has 0 unspecified atom stereocenters. The van der Waals surface area contributed by atoms with Gasteiger partial charge in [-0.25, -0.2) is 9.69 Å². The minimum absolute atomic E-state index is 0.0757. The summed E-state index contributed by atoms with van der Waals surface area (Å²) in [4.78, 5) is 43.1. The molecule has 1 aromatic rings. The molecule has 1 aromatic carbocycles. The Morgan fingerprint density at radius 3 is 2.50 bits per heavy atom. The first-order chi connectivity index (χ1) is 15.4. The van der Waals surface area contributed by atoms with E-state index in [1.807, 2.05) is 24.3 Å². The van der Waals surface area contributed by atoms with Crippen molar-refractivity contribution in [3.05, 3.63) is 24.3 Å². The largest absolute Gasteiger partial charge is 0.378 e. The molecule has 2 aliphatic heterocycles. The third-order valence-electron chi connectivity index (χ3n) is 6.70. The molecule has 9 nitrogen and oxygen atoms in total. The Hall–Kier alpha value is -2.65. The molecule has 1 spiro atoms. The maximum atomic E-state index is 13.0. The van der Waals surface area contributed by atoms with Crippen molar-refractivity contribution in [2.75, 3.05) is 56.8 Å². The van der Waals surface area contributed by atoms with Crippen molar-refractivity contribution in [1.82, 2.24) is 15.1 Å². The van der Waals surface area contributed by atoms with Crippen molar-refractivity contribution in [1.29, 1.82) is 0 Å². The van der Waals surface area contributed by atoms with Crippen molar-refractivity contribution in [3.63, 3.8) is 0 Å². The SMILES string of the molecule is CC1CCC2(CC1)NC(=O)N(CN(C)CC(=O)Nc1ccc(N3CCOCC3)cc1)C2=O. The van der Waals surface area contributed by atoms with Crippen LogP contribution in [-0.2, 0) is 14.3 Å². The summed E-state index contributed by atoms with van der Waals surface area (Å²) < 4.78 is 5.38. The van der Waals surface area contributed by atoms with Gasteiger partial charge in [-0.2, -0.15) is 0 Å². The molecule has 1 saturated carbocycles. The standard InChI is InChI=1S/C23H33N5O4/c1-17-7-9-23(10-8-17)21(30)28(22(31)25-23)16-26(2)15-20(29)24-18-3-5-19(6-4-18)27-11-13-32-14-12-27/h3-6,17H,7-16H2,1-2H3,(H,24,29)(H,25,31). The number of morpholine rings is 1. The van der Waals surface area contributed by atoms with Crippen LogP contribution >= 0.6 is 0 Å². The minimum Gasteiger partial charge on any atom is -0.378 e. The Balaban J connectivity index is 1.27. The number of benzene rings is 1. The van der Waals surface area contributed by atoms with Crippen molar-refractivity contribution in [2.45, 2.75) is 38.1 Å². The van der Waals surface area contributed by atoms with Gasteiger partial charge in [-0.1, -0.05) is 6.92 Å². The van der Waals surface area contributed by atoms with Gasteiger partial charge in [0.25, 0.3) is 5.91 Å². The van der Waals surface area contributed by atoms with Crippen LogP contribution < -0.4 is 15.5 Å². The molecule has 0 aromatic heterocycles. The van der Waals surface area contributed by atoms with Crippen molar-refractivity contribution < 1.29 is 19.1 Å². The Kier molecular flexibility index (Phi) is 6.66. The van der Waals surface area contributed by atoms with Gasteiger partial charge in [0.15, 0.2) is 0 Å². The van der Waals surface area contributed by atoms with Crippen LogP contribution in [0, 0.1) is 5.92 Å². The van der Waals surface area contributed by atoms with Gasteiger partial charge >= 0.3 is 6.03 Å². The molecule has 3 aliphatic rings. The van der Waals surface area contributed by atoms with Crippen molar-refractivity contribution >= 4 is 29.2 Å². The van der Waals surface area contributed by atoms with E-state index in [0.717, 1.165) is 44.8 Å². The third kappa shape index (κ3) is 4.88. The van der Waals surface area contributed by atoms with Crippen LogP contribution in [0.25, 0.3) is 0 Å². The summed E-state index contributed by atoms with van der Waals surface area (Å²) in [5.41, 5.74) is 1.06. The summed E-state index contributed by atoms with van der Waals surface area (Å²) in [6.07, 6.45) is 3.23. The average Bonchev–Trinajstić information content (AvgIpc) is 3.01. The summed E-state index contributed by atoms with van der Waals surface area (Å²) in [7, 11) is 1.73. The number of ether oxygens (including phenoxy) is 1. The molecule has 2 saturated heterocycles. The normalized spacial score (nSPS) is 26.0. The number of imide groups is 1. The lowest BCUT2D eigenvalue weighted by Crippen LogP contribution is -2.50. The quantitative estimate of drug-likeness (QED) is 0.652. The zero-order chi connectivity index (χ0) is 22.7. The first kappa shape index (κ1) is 22.5. The highest BCUT2D eigenvalue weighted by Crippen LogP contribution is 2.36. The van der Waals surface area contributed by atoms with E-state index in [4.69, 9.17) is 4.74 Å². The number of urea groups is 1. The highest BCUT2D eigenvalue weighted by atomic mass is 16.5. The summed E-state index contributed by atoms with van der Waals surface area (Å²) in [6, 6.07) is 7.38. The highest BCUT2D eigenvalue weighted by Gasteiger charge is 2.52. The van der Waals surface area contributed by atoms with Gasteiger partial charge in [0, 0.05) is 24.5 Å². The van der Waals surface area contributed by atoms with Crippen LogP contribution in [0.4, 0.5) is 16.2 Å². The number of carbonyl (C=O) groups is 3. The van der Waals surface area contributed by atoms with E-state index in [-0.39, 0.29) is 31.1 Å². The molecule has 32 heavy (non-hydrogen) atoms. The number of carbonyl (C=O) groups excluding carboxylic acids is 3. The second-order valence-electron chi connectivity index (χ2n) is 9.28. The van der Waals surface area contributed by atoms with Gasteiger partial charge in [-0.05, 0) is 62.9 Å². The maximum absolute atomic E-state index is 13.0. The second kappa shape index (κ2) is 9.46. The van der Waals surface area contributed by atoms with Gasteiger partial charge in [0.05, 0.1) is 26.4 Å². The lowest BCUT2D eigenvalue weighted by molar-refractivity contribution is -0.134. The van der Waals surface area contributed by atoms with Gasteiger partial charge in [-0.3, -0.25) is 14.5 Å².